The smallest absolute Gasteiger partial charge is 0.115 e. The Morgan fingerprint density at radius 1 is 1.12 bits per heavy atom. The van der Waals surface area contributed by atoms with E-state index in [-0.39, 0.29) is 5.92 Å². The molecule has 2 fully saturated rings. The molecule has 0 N–H and O–H groups in total. The molecule has 0 spiro atoms. The molecule has 0 radical (unpaired) electrons. The molecule has 0 saturated carbocycles. The van der Waals surface area contributed by atoms with Crippen molar-refractivity contribution in [2.45, 2.75) is 32.4 Å². The number of halogens is 1. The maximum absolute atomic E-state index is 13.6. The van der Waals surface area contributed by atoms with Crippen LogP contribution in [-0.2, 0) is 0 Å². The third-order valence-electron chi connectivity index (χ3n) is 4.31. The van der Waals surface area contributed by atoms with Gasteiger partial charge in [-0.15, -0.1) is 0 Å². The largest absolute Gasteiger partial charge is 0.306 e. The SMILES string of the molecule is C[C@H]1CCN(CC2CCN(C)CC2)C[C@@H]1F. The van der Waals surface area contributed by atoms with Crippen molar-refractivity contribution < 1.29 is 4.39 Å². The monoisotopic (exact) mass is 228 g/mol. The highest BCUT2D eigenvalue weighted by atomic mass is 19.1. The van der Waals surface area contributed by atoms with Gasteiger partial charge in [0.15, 0.2) is 0 Å². The van der Waals surface area contributed by atoms with E-state index in [0.29, 0.717) is 6.54 Å². The first kappa shape index (κ1) is 12.3. The van der Waals surface area contributed by atoms with Crippen molar-refractivity contribution in [3.05, 3.63) is 0 Å². The lowest BCUT2D eigenvalue weighted by Crippen LogP contribution is -2.44. The molecule has 2 heterocycles. The summed E-state index contributed by atoms with van der Waals surface area (Å²) in [5.41, 5.74) is 0. The third kappa shape index (κ3) is 3.17. The molecule has 2 saturated heterocycles. The molecule has 0 aromatic heterocycles. The van der Waals surface area contributed by atoms with Crippen molar-refractivity contribution >= 4 is 0 Å². The van der Waals surface area contributed by atoms with Crippen molar-refractivity contribution in [3.63, 3.8) is 0 Å². The third-order valence-corrected chi connectivity index (χ3v) is 4.31. The highest BCUT2D eigenvalue weighted by Gasteiger charge is 2.27. The zero-order valence-electron chi connectivity index (χ0n) is 10.7. The van der Waals surface area contributed by atoms with Crippen LogP contribution in [0, 0.1) is 11.8 Å². The summed E-state index contributed by atoms with van der Waals surface area (Å²) >= 11 is 0. The standard InChI is InChI=1S/C13H25FN2/c1-11-3-8-16(10-13(11)14)9-12-4-6-15(2)7-5-12/h11-13H,3-10H2,1-2H3/t11-,13-/m0/s1. The van der Waals surface area contributed by atoms with Gasteiger partial charge in [0.2, 0.25) is 0 Å². The summed E-state index contributed by atoms with van der Waals surface area (Å²) in [6, 6.07) is 0. The Morgan fingerprint density at radius 2 is 1.81 bits per heavy atom. The van der Waals surface area contributed by atoms with E-state index < -0.39 is 6.17 Å². The van der Waals surface area contributed by atoms with E-state index >= 15 is 0 Å². The Kier molecular flexibility index (Phi) is 4.20. The summed E-state index contributed by atoms with van der Waals surface area (Å²) in [7, 11) is 2.19. The van der Waals surface area contributed by atoms with Gasteiger partial charge in [0.1, 0.15) is 6.17 Å². The van der Waals surface area contributed by atoms with Crippen LogP contribution in [0.15, 0.2) is 0 Å². The minimum atomic E-state index is -0.597. The summed E-state index contributed by atoms with van der Waals surface area (Å²) in [5, 5.41) is 0. The average molecular weight is 228 g/mol. The normalized spacial score (nSPS) is 35.4. The van der Waals surface area contributed by atoms with E-state index in [1.165, 1.54) is 25.9 Å². The minimum Gasteiger partial charge on any atom is -0.306 e. The lowest BCUT2D eigenvalue weighted by Gasteiger charge is -2.37. The number of hydrogen-bond acceptors (Lipinski definition) is 2. The second-order valence-corrected chi connectivity index (χ2v) is 5.79. The molecule has 2 nitrogen and oxygen atoms in total. The molecule has 2 atom stereocenters. The van der Waals surface area contributed by atoms with E-state index in [1.807, 2.05) is 6.92 Å². The van der Waals surface area contributed by atoms with Crippen molar-refractivity contribution in [1.82, 2.24) is 9.80 Å². The van der Waals surface area contributed by atoms with Crippen LogP contribution in [0.2, 0.25) is 0 Å². The Bertz CT molecular complexity index is 214. The molecule has 0 aromatic carbocycles. The molecule has 0 aromatic rings. The number of hydrogen-bond donors (Lipinski definition) is 0. The number of piperidine rings is 2. The molecule has 2 aliphatic rings. The van der Waals surface area contributed by atoms with Crippen LogP contribution in [0.1, 0.15) is 26.2 Å². The Labute approximate surface area is 98.8 Å². The molecule has 0 aliphatic carbocycles. The van der Waals surface area contributed by atoms with Crippen LogP contribution in [0.4, 0.5) is 4.39 Å². The van der Waals surface area contributed by atoms with Crippen LogP contribution in [0.3, 0.4) is 0 Å². The molecule has 2 rings (SSSR count). The van der Waals surface area contributed by atoms with Gasteiger partial charge in [0, 0.05) is 13.1 Å². The van der Waals surface area contributed by atoms with Gasteiger partial charge < -0.3 is 9.80 Å². The van der Waals surface area contributed by atoms with E-state index in [0.717, 1.165) is 25.4 Å². The molecule has 94 valence electrons. The number of likely N-dealkylation sites (tertiary alicyclic amines) is 2. The number of alkyl halides is 1. The van der Waals surface area contributed by atoms with Gasteiger partial charge in [-0.2, -0.15) is 0 Å². The molecular weight excluding hydrogens is 203 g/mol. The molecule has 0 bridgehead atoms. The summed E-state index contributed by atoms with van der Waals surface area (Å²) in [5.74, 6) is 1.07. The van der Waals surface area contributed by atoms with Gasteiger partial charge >= 0.3 is 0 Å². The highest BCUT2D eigenvalue weighted by molar-refractivity contribution is 4.80. The minimum absolute atomic E-state index is 0.272. The predicted octanol–water partition coefficient (Wildman–Crippen LogP) is 2.01. The number of rotatable bonds is 2. The van der Waals surface area contributed by atoms with Crippen LogP contribution >= 0.6 is 0 Å². The van der Waals surface area contributed by atoms with Gasteiger partial charge in [-0.05, 0) is 57.8 Å². The topological polar surface area (TPSA) is 6.48 Å². The van der Waals surface area contributed by atoms with Crippen LogP contribution in [-0.4, -0.2) is 55.7 Å². The lowest BCUT2D eigenvalue weighted by atomic mass is 9.93. The van der Waals surface area contributed by atoms with Crippen molar-refractivity contribution in [2.75, 3.05) is 39.8 Å². The van der Waals surface area contributed by atoms with E-state index in [1.54, 1.807) is 0 Å². The second kappa shape index (κ2) is 5.46. The van der Waals surface area contributed by atoms with E-state index in [9.17, 15) is 4.39 Å². The zero-order valence-corrected chi connectivity index (χ0v) is 10.7. The zero-order chi connectivity index (χ0) is 11.5. The Balaban J connectivity index is 1.73. The maximum atomic E-state index is 13.6. The van der Waals surface area contributed by atoms with Gasteiger partial charge in [0.25, 0.3) is 0 Å². The molecule has 0 amide bonds. The average Bonchev–Trinajstić information content (AvgIpc) is 2.27. The number of nitrogens with zero attached hydrogens (tertiary/aromatic N) is 2. The molecule has 0 unspecified atom stereocenters. The van der Waals surface area contributed by atoms with Gasteiger partial charge in [-0.25, -0.2) is 4.39 Å². The first-order valence-corrected chi connectivity index (χ1v) is 6.70. The van der Waals surface area contributed by atoms with Crippen molar-refractivity contribution in [3.8, 4) is 0 Å². The fourth-order valence-corrected chi connectivity index (χ4v) is 2.86. The fourth-order valence-electron chi connectivity index (χ4n) is 2.86. The maximum Gasteiger partial charge on any atom is 0.115 e. The first-order chi connectivity index (χ1) is 7.65. The van der Waals surface area contributed by atoms with Crippen LogP contribution in [0.25, 0.3) is 0 Å². The summed E-state index contributed by atoms with van der Waals surface area (Å²) in [6.45, 7) is 7.38. The van der Waals surface area contributed by atoms with Gasteiger partial charge in [0.05, 0.1) is 0 Å². The van der Waals surface area contributed by atoms with Crippen molar-refractivity contribution in [1.29, 1.82) is 0 Å². The molecule has 2 aliphatic heterocycles. The summed E-state index contributed by atoms with van der Waals surface area (Å²) < 4.78 is 13.6. The van der Waals surface area contributed by atoms with Gasteiger partial charge in [-0.3, -0.25) is 0 Å². The Hall–Kier alpha value is -0.150. The Morgan fingerprint density at radius 3 is 2.44 bits per heavy atom. The summed E-state index contributed by atoms with van der Waals surface area (Å²) in [4.78, 5) is 4.74. The van der Waals surface area contributed by atoms with Crippen LogP contribution in [0.5, 0.6) is 0 Å². The second-order valence-electron chi connectivity index (χ2n) is 5.79. The first-order valence-electron chi connectivity index (χ1n) is 6.70. The quantitative estimate of drug-likeness (QED) is 0.713. The fraction of sp³-hybridized carbons (Fsp3) is 1.00. The predicted molar refractivity (Wildman–Crippen MR) is 65.3 cm³/mol. The lowest BCUT2D eigenvalue weighted by molar-refractivity contribution is 0.0706. The van der Waals surface area contributed by atoms with E-state index in [2.05, 4.69) is 16.8 Å². The van der Waals surface area contributed by atoms with Gasteiger partial charge in [-0.1, -0.05) is 6.92 Å². The van der Waals surface area contributed by atoms with Crippen molar-refractivity contribution in [2.24, 2.45) is 11.8 Å². The molecular formula is C13H25FN2. The van der Waals surface area contributed by atoms with E-state index in [4.69, 9.17) is 0 Å². The highest BCUT2D eigenvalue weighted by Crippen LogP contribution is 2.23. The summed E-state index contributed by atoms with van der Waals surface area (Å²) in [6.07, 6.45) is 3.02. The molecule has 3 heteroatoms. The van der Waals surface area contributed by atoms with Crippen LogP contribution < -0.4 is 0 Å². The molecule has 16 heavy (non-hydrogen) atoms.